The van der Waals surface area contributed by atoms with Gasteiger partial charge in [0.25, 0.3) is 0 Å². The van der Waals surface area contributed by atoms with Gasteiger partial charge < -0.3 is 10.2 Å². The zero-order chi connectivity index (χ0) is 15.1. The third-order valence-corrected chi connectivity index (χ3v) is 4.99. The van der Waals surface area contributed by atoms with Gasteiger partial charge in [0.15, 0.2) is 0 Å². The molecule has 1 N–H and O–H groups in total. The molecule has 3 heteroatoms. The molecular formula is C18H29BrN2. The van der Waals surface area contributed by atoms with E-state index < -0.39 is 0 Å². The van der Waals surface area contributed by atoms with Gasteiger partial charge in [-0.25, -0.2) is 0 Å². The molecule has 1 aliphatic rings. The Hall–Kier alpha value is -0.540. The molecule has 0 bridgehead atoms. The molecule has 1 saturated heterocycles. The van der Waals surface area contributed by atoms with Gasteiger partial charge in [-0.2, -0.15) is 0 Å². The second kappa shape index (κ2) is 8.79. The maximum absolute atomic E-state index is 3.61. The fraction of sp³-hybridized carbons (Fsp3) is 0.667. The second-order valence-electron chi connectivity index (χ2n) is 6.13. The number of rotatable bonds is 6. The van der Waals surface area contributed by atoms with Crippen LogP contribution in [0, 0.1) is 5.92 Å². The molecule has 1 fully saturated rings. The van der Waals surface area contributed by atoms with E-state index in [0.717, 1.165) is 19.0 Å². The van der Waals surface area contributed by atoms with E-state index in [4.69, 9.17) is 0 Å². The molecule has 1 unspecified atom stereocenters. The third kappa shape index (κ3) is 5.00. The zero-order valence-corrected chi connectivity index (χ0v) is 15.1. The summed E-state index contributed by atoms with van der Waals surface area (Å²) >= 11 is 3.61. The van der Waals surface area contributed by atoms with Gasteiger partial charge in [0, 0.05) is 29.8 Å². The summed E-state index contributed by atoms with van der Waals surface area (Å²) < 4.78 is 1.18. The lowest BCUT2D eigenvalue weighted by Crippen LogP contribution is -2.26. The first-order chi connectivity index (χ1) is 10.2. The fourth-order valence-electron chi connectivity index (χ4n) is 3.37. The second-order valence-corrected chi connectivity index (χ2v) is 7.04. The van der Waals surface area contributed by atoms with Gasteiger partial charge in [-0.1, -0.05) is 42.6 Å². The summed E-state index contributed by atoms with van der Waals surface area (Å²) in [6.07, 6.45) is 6.82. The molecule has 118 valence electrons. The van der Waals surface area contributed by atoms with Crippen LogP contribution in [0.4, 0.5) is 5.69 Å². The first-order valence-electron chi connectivity index (χ1n) is 8.48. The van der Waals surface area contributed by atoms with Crippen LogP contribution in [0.5, 0.6) is 0 Å². The van der Waals surface area contributed by atoms with Gasteiger partial charge in [0.05, 0.1) is 0 Å². The minimum atomic E-state index is 0.938. The van der Waals surface area contributed by atoms with Gasteiger partial charge in [0.1, 0.15) is 0 Å². The molecule has 0 saturated carbocycles. The number of nitrogens with zero attached hydrogens (tertiary/aromatic N) is 1. The van der Waals surface area contributed by atoms with Crippen LogP contribution in [0.15, 0.2) is 22.7 Å². The van der Waals surface area contributed by atoms with Crippen LogP contribution in [0.1, 0.15) is 51.5 Å². The van der Waals surface area contributed by atoms with Crippen molar-refractivity contribution in [3.8, 4) is 0 Å². The Balaban J connectivity index is 2.09. The summed E-state index contributed by atoms with van der Waals surface area (Å²) in [4.78, 5) is 2.61. The van der Waals surface area contributed by atoms with E-state index in [1.807, 2.05) is 0 Å². The van der Waals surface area contributed by atoms with Crippen molar-refractivity contribution < 1.29 is 0 Å². The molecule has 1 atom stereocenters. The predicted octanol–water partition coefficient (Wildman–Crippen LogP) is 4.97. The van der Waals surface area contributed by atoms with Crippen molar-refractivity contribution in [2.75, 3.05) is 24.5 Å². The first-order valence-corrected chi connectivity index (χ1v) is 9.28. The van der Waals surface area contributed by atoms with E-state index in [1.165, 1.54) is 60.9 Å². The molecule has 0 radical (unpaired) electrons. The third-order valence-electron chi connectivity index (χ3n) is 4.49. The van der Waals surface area contributed by atoms with Crippen LogP contribution in [0.2, 0.25) is 0 Å². The van der Waals surface area contributed by atoms with Gasteiger partial charge in [-0.05, 0) is 55.5 Å². The summed E-state index contributed by atoms with van der Waals surface area (Å²) in [6, 6.07) is 6.74. The van der Waals surface area contributed by atoms with E-state index in [1.54, 1.807) is 0 Å². The quantitative estimate of drug-likeness (QED) is 0.777. The van der Waals surface area contributed by atoms with Gasteiger partial charge in [-0.15, -0.1) is 0 Å². The smallest absolute Gasteiger partial charge is 0.0412 e. The summed E-state index contributed by atoms with van der Waals surface area (Å²) in [5, 5.41) is 3.47. The Morgan fingerprint density at radius 1 is 1.24 bits per heavy atom. The van der Waals surface area contributed by atoms with E-state index >= 15 is 0 Å². The van der Waals surface area contributed by atoms with E-state index in [2.05, 4.69) is 58.2 Å². The number of benzene rings is 1. The Morgan fingerprint density at radius 2 is 2.10 bits per heavy atom. The highest BCUT2D eigenvalue weighted by molar-refractivity contribution is 9.10. The topological polar surface area (TPSA) is 15.3 Å². The lowest BCUT2D eigenvalue weighted by Gasteiger charge is -2.26. The summed E-state index contributed by atoms with van der Waals surface area (Å²) in [6.45, 7) is 8.88. The molecule has 0 aliphatic carbocycles. The predicted molar refractivity (Wildman–Crippen MR) is 96.0 cm³/mol. The monoisotopic (exact) mass is 352 g/mol. The summed E-state index contributed by atoms with van der Waals surface area (Å²) in [7, 11) is 0. The van der Waals surface area contributed by atoms with Crippen molar-refractivity contribution in [1.29, 1.82) is 0 Å². The van der Waals surface area contributed by atoms with Crippen LogP contribution in [-0.2, 0) is 6.54 Å². The molecule has 1 heterocycles. The maximum atomic E-state index is 3.61. The van der Waals surface area contributed by atoms with Crippen LogP contribution in [0.25, 0.3) is 0 Å². The van der Waals surface area contributed by atoms with E-state index in [-0.39, 0.29) is 0 Å². The maximum Gasteiger partial charge on any atom is 0.0412 e. The Kier molecular flexibility index (Phi) is 7.05. The van der Waals surface area contributed by atoms with Crippen LogP contribution >= 0.6 is 15.9 Å². The molecule has 0 amide bonds. The SMILES string of the molecule is CCCC1CCCN(c2ccc(Br)cc2CNCC)CC1. The largest absolute Gasteiger partial charge is 0.371 e. The van der Waals surface area contributed by atoms with Crippen molar-refractivity contribution in [3.63, 3.8) is 0 Å². The average molecular weight is 353 g/mol. The fourth-order valence-corrected chi connectivity index (χ4v) is 3.78. The molecule has 1 aromatic carbocycles. The lowest BCUT2D eigenvalue weighted by molar-refractivity contribution is 0.435. The van der Waals surface area contributed by atoms with Gasteiger partial charge >= 0.3 is 0 Å². The van der Waals surface area contributed by atoms with Gasteiger partial charge in [0.2, 0.25) is 0 Å². The number of anilines is 1. The summed E-state index contributed by atoms with van der Waals surface area (Å²) in [5.41, 5.74) is 2.84. The van der Waals surface area contributed by atoms with Crippen LogP contribution in [-0.4, -0.2) is 19.6 Å². The van der Waals surface area contributed by atoms with Crippen molar-refractivity contribution in [3.05, 3.63) is 28.2 Å². The van der Waals surface area contributed by atoms with Gasteiger partial charge in [-0.3, -0.25) is 0 Å². The standard InChI is InChI=1S/C18H29BrN2/c1-3-6-15-7-5-11-21(12-10-15)18-9-8-17(19)13-16(18)14-20-4-2/h8-9,13,15,20H,3-7,10-12,14H2,1-2H3. The Morgan fingerprint density at radius 3 is 2.86 bits per heavy atom. The highest BCUT2D eigenvalue weighted by Gasteiger charge is 2.18. The molecule has 2 rings (SSSR count). The average Bonchev–Trinajstić information content (AvgIpc) is 2.71. The molecule has 0 spiro atoms. The molecule has 0 aromatic heterocycles. The van der Waals surface area contributed by atoms with Crippen molar-refractivity contribution >= 4 is 21.6 Å². The zero-order valence-electron chi connectivity index (χ0n) is 13.5. The molecular weight excluding hydrogens is 324 g/mol. The first kappa shape index (κ1) is 16.8. The normalized spacial score (nSPS) is 19.6. The minimum Gasteiger partial charge on any atom is -0.371 e. The number of hydrogen-bond donors (Lipinski definition) is 1. The number of nitrogens with one attached hydrogen (secondary N) is 1. The van der Waals surface area contributed by atoms with Crippen molar-refractivity contribution in [1.82, 2.24) is 5.32 Å². The molecule has 2 nitrogen and oxygen atoms in total. The highest BCUT2D eigenvalue weighted by Crippen LogP contribution is 2.29. The van der Waals surface area contributed by atoms with Crippen molar-refractivity contribution in [2.24, 2.45) is 5.92 Å². The van der Waals surface area contributed by atoms with E-state index in [0.29, 0.717) is 0 Å². The van der Waals surface area contributed by atoms with Crippen molar-refractivity contribution in [2.45, 2.75) is 52.5 Å². The molecule has 1 aromatic rings. The minimum absolute atomic E-state index is 0.938. The Bertz CT molecular complexity index is 433. The number of halogens is 1. The highest BCUT2D eigenvalue weighted by atomic mass is 79.9. The Labute approximate surface area is 138 Å². The van der Waals surface area contributed by atoms with E-state index in [9.17, 15) is 0 Å². The number of hydrogen-bond acceptors (Lipinski definition) is 2. The molecule has 21 heavy (non-hydrogen) atoms. The molecule has 1 aliphatic heterocycles. The van der Waals surface area contributed by atoms with Crippen LogP contribution in [0.3, 0.4) is 0 Å². The van der Waals surface area contributed by atoms with Crippen LogP contribution < -0.4 is 10.2 Å². The lowest BCUT2D eigenvalue weighted by atomic mass is 9.96. The summed E-state index contributed by atoms with van der Waals surface area (Å²) in [5.74, 6) is 0.938.